The molecule has 3 heteroatoms. The maximum absolute atomic E-state index is 5.12. The Morgan fingerprint density at radius 1 is 0.449 bits per heavy atom. The molecule has 6 aromatic carbocycles. The number of hydrogen-bond acceptors (Lipinski definition) is 3. The van der Waals surface area contributed by atoms with Crippen LogP contribution in [0.4, 0.5) is 0 Å². The SMILES string of the molecule is CC1(C)c2cc(-c3cccc(-c4cc(-c5ccc(-c6cccnc6)cc5)nc(-c5ccccc5)n4)c3)ccc2-c2c1ccc1ccccc21. The molecule has 49 heavy (non-hydrogen) atoms. The molecule has 0 fully saturated rings. The Morgan fingerprint density at radius 3 is 1.94 bits per heavy atom. The summed E-state index contributed by atoms with van der Waals surface area (Å²) < 4.78 is 0. The maximum Gasteiger partial charge on any atom is 0.160 e. The Hall–Kier alpha value is -6.19. The number of pyridine rings is 1. The first-order valence-corrected chi connectivity index (χ1v) is 16.8. The van der Waals surface area contributed by atoms with Crippen molar-refractivity contribution in [3.8, 4) is 67.3 Å². The molecule has 0 aliphatic heterocycles. The van der Waals surface area contributed by atoms with Crippen LogP contribution in [-0.2, 0) is 5.41 Å². The summed E-state index contributed by atoms with van der Waals surface area (Å²) in [6.45, 7) is 4.70. The fourth-order valence-corrected chi connectivity index (χ4v) is 7.37. The Kier molecular flexibility index (Phi) is 6.80. The highest BCUT2D eigenvalue weighted by Crippen LogP contribution is 2.52. The lowest BCUT2D eigenvalue weighted by Gasteiger charge is -2.22. The van der Waals surface area contributed by atoms with Crippen LogP contribution >= 0.6 is 0 Å². The van der Waals surface area contributed by atoms with Crippen molar-refractivity contribution < 1.29 is 0 Å². The number of hydrogen-bond donors (Lipinski definition) is 0. The molecule has 0 amide bonds. The van der Waals surface area contributed by atoms with Crippen LogP contribution in [0.3, 0.4) is 0 Å². The molecule has 0 N–H and O–H groups in total. The van der Waals surface area contributed by atoms with Gasteiger partial charge in [-0.05, 0) is 79.5 Å². The lowest BCUT2D eigenvalue weighted by atomic mass is 9.81. The average Bonchev–Trinajstić information content (AvgIpc) is 3.41. The van der Waals surface area contributed by atoms with Gasteiger partial charge in [-0.25, -0.2) is 9.97 Å². The quantitative estimate of drug-likeness (QED) is 0.191. The van der Waals surface area contributed by atoms with Gasteiger partial charge in [-0.2, -0.15) is 0 Å². The molecule has 1 aliphatic carbocycles. The number of rotatable bonds is 5. The lowest BCUT2D eigenvalue weighted by Crippen LogP contribution is -2.15. The van der Waals surface area contributed by atoms with E-state index in [0.29, 0.717) is 5.82 Å². The van der Waals surface area contributed by atoms with Crippen molar-refractivity contribution in [2.45, 2.75) is 19.3 Å². The molecule has 0 bridgehead atoms. The summed E-state index contributed by atoms with van der Waals surface area (Å²) in [6.07, 6.45) is 3.69. The van der Waals surface area contributed by atoms with Crippen LogP contribution in [0.15, 0.2) is 164 Å². The Bertz CT molecular complexity index is 2500. The van der Waals surface area contributed by atoms with Crippen LogP contribution < -0.4 is 0 Å². The molecule has 232 valence electrons. The fraction of sp³-hybridized carbons (Fsp3) is 0.0652. The molecule has 8 aromatic rings. The highest BCUT2D eigenvalue weighted by Gasteiger charge is 2.36. The first-order valence-electron chi connectivity index (χ1n) is 16.8. The second-order valence-electron chi connectivity index (χ2n) is 13.3. The molecule has 0 unspecified atom stereocenters. The van der Waals surface area contributed by atoms with Gasteiger partial charge in [0.1, 0.15) is 0 Å². The summed E-state index contributed by atoms with van der Waals surface area (Å²) in [6, 6.07) is 54.0. The van der Waals surface area contributed by atoms with Gasteiger partial charge in [0, 0.05) is 34.5 Å². The van der Waals surface area contributed by atoms with Gasteiger partial charge in [-0.15, -0.1) is 0 Å². The smallest absolute Gasteiger partial charge is 0.160 e. The molecule has 0 atom stereocenters. The van der Waals surface area contributed by atoms with Crippen LogP contribution in [-0.4, -0.2) is 15.0 Å². The van der Waals surface area contributed by atoms with Gasteiger partial charge in [-0.1, -0.05) is 141 Å². The molecule has 0 radical (unpaired) electrons. The van der Waals surface area contributed by atoms with Crippen LogP contribution in [0.2, 0.25) is 0 Å². The fourth-order valence-electron chi connectivity index (χ4n) is 7.37. The molecule has 0 saturated carbocycles. The van der Waals surface area contributed by atoms with Gasteiger partial charge < -0.3 is 0 Å². The Balaban J connectivity index is 1.13. The van der Waals surface area contributed by atoms with Crippen molar-refractivity contribution in [3.63, 3.8) is 0 Å². The van der Waals surface area contributed by atoms with Crippen LogP contribution in [0.1, 0.15) is 25.0 Å². The molecular formula is C46H33N3. The van der Waals surface area contributed by atoms with Crippen LogP contribution in [0, 0.1) is 0 Å². The topological polar surface area (TPSA) is 38.7 Å². The Labute approximate surface area is 286 Å². The van der Waals surface area contributed by atoms with E-state index in [2.05, 4.69) is 146 Å². The number of nitrogens with zero attached hydrogens (tertiary/aromatic N) is 3. The molecule has 2 heterocycles. The van der Waals surface area contributed by atoms with Crippen molar-refractivity contribution >= 4 is 10.8 Å². The van der Waals surface area contributed by atoms with E-state index in [0.717, 1.165) is 39.2 Å². The maximum atomic E-state index is 5.12. The van der Waals surface area contributed by atoms with Gasteiger partial charge in [-0.3, -0.25) is 4.98 Å². The monoisotopic (exact) mass is 627 g/mol. The van der Waals surface area contributed by atoms with Crippen molar-refractivity contribution in [1.29, 1.82) is 0 Å². The van der Waals surface area contributed by atoms with E-state index in [1.54, 1.807) is 6.20 Å². The minimum absolute atomic E-state index is 0.0962. The normalized spacial score (nSPS) is 12.9. The van der Waals surface area contributed by atoms with E-state index in [1.165, 1.54) is 44.2 Å². The average molecular weight is 628 g/mol. The minimum atomic E-state index is -0.0962. The van der Waals surface area contributed by atoms with Gasteiger partial charge in [0.25, 0.3) is 0 Å². The van der Waals surface area contributed by atoms with Crippen LogP contribution in [0.25, 0.3) is 78.1 Å². The van der Waals surface area contributed by atoms with E-state index in [1.807, 2.05) is 30.5 Å². The van der Waals surface area contributed by atoms with E-state index >= 15 is 0 Å². The van der Waals surface area contributed by atoms with Crippen molar-refractivity contribution in [1.82, 2.24) is 15.0 Å². The summed E-state index contributed by atoms with van der Waals surface area (Å²) in [4.78, 5) is 14.5. The Morgan fingerprint density at radius 2 is 1.12 bits per heavy atom. The second-order valence-corrected chi connectivity index (χ2v) is 13.3. The van der Waals surface area contributed by atoms with Gasteiger partial charge >= 0.3 is 0 Å². The van der Waals surface area contributed by atoms with Crippen molar-refractivity contribution in [2.24, 2.45) is 0 Å². The summed E-state index contributed by atoms with van der Waals surface area (Å²) in [5.41, 5.74) is 14.8. The molecule has 3 nitrogen and oxygen atoms in total. The van der Waals surface area contributed by atoms with Crippen LogP contribution in [0.5, 0.6) is 0 Å². The predicted octanol–water partition coefficient (Wildman–Crippen LogP) is 11.7. The third-order valence-electron chi connectivity index (χ3n) is 9.99. The zero-order chi connectivity index (χ0) is 33.0. The van der Waals surface area contributed by atoms with Crippen molar-refractivity contribution in [3.05, 3.63) is 175 Å². The summed E-state index contributed by atoms with van der Waals surface area (Å²) in [7, 11) is 0. The third kappa shape index (κ3) is 5.03. The standard InChI is InChI=1S/C46H33N3/c1-46(2)40-24-22-31-10-6-7-16-38(31)44(40)39-23-21-35(27-41(39)46)34-13-8-14-36(26-34)43-28-42(48-45(49-43)33-11-4-3-5-12-33)32-19-17-30(18-20-32)37-15-9-25-47-29-37/h3-29H,1-2H3. The van der Waals surface area contributed by atoms with Crippen molar-refractivity contribution in [2.75, 3.05) is 0 Å². The lowest BCUT2D eigenvalue weighted by molar-refractivity contribution is 0.661. The first kappa shape index (κ1) is 29.0. The first-order chi connectivity index (χ1) is 24.0. The molecule has 9 rings (SSSR count). The molecule has 0 saturated heterocycles. The number of benzene rings is 6. The number of aromatic nitrogens is 3. The highest BCUT2D eigenvalue weighted by molar-refractivity contribution is 6.02. The van der Waals surface area contributed by atoms with Gasteiger partial charge in [0.05, 0.1) is 11.4 Å². The van der Waals surface area contributed by atoms with Gasteiger partial charge in [0.15, 0.2) is 5.82 Å². The van der Waals surface area contributed by atoms with E-state index in [-0.39, 0.29) is 5.41 Å². The summed E-state index contributed by atoms with van der Waals surface area (Å²) >= 11 is 0. The summed E-state index contributed by atoms with van der Waals surface area (Å²) in [5.74, 6) is 0.708. The predicted molar refractivity (Wildman–Crippen MR) is 202 cm³/mol. The third-order valence-corrected chi connectivity index (χ3v) is 9.99. The van der Waals surface area contributed by atoms with E-state index < -0.39 is 0 Å². The highest BCUT2D eigenvalue weighted by atomic mass is 14.9. The minimum Gasteiger partial charge on any atom is -0.264 e. The zero-order valence-electron chi connectivity index (χ0n) is 27.4. The molecule has 1 aliphatic rings. The van der Waals surface area contributed by atoms with E-state index in [4.69, 9.17) is 9.97 Å². The molecule has 2 aromatic heterocycles. The summed E-state index contributed by atoms with van der Waals surface area (Å²) in [5, 5.41) is 2.60. The van der Waals surface area contributed by atoms with Gasteiger partial charge in [0.2, 0.25) is 0 Å². The van der Waals surface area contributed by atoms with E-state index in [9.17, 15) is 0 Å². The largest absolute Gasteiger partial charge is 0.264 e. The second kappa shape index (κ2) is 11.5. The zero-order valence-corrected chi connectivity index (χ0v) is 27.4. The molecular weight excluding hydrogens is 595 g/mol. The molecule has 0 spiro atoms. The number of fused-ring (bicyclic) bond motifs is 5.